The Morgan fingerprint density at radius 2 is 2.14 bits per heavy atom. The van der Waals surface area contributed by atoms with Crippen molar-refractivity contribution in [3.8, 4) is 0 Å². The van der Waals surface area contributed by atoms with Crippen LogP contribution < -0.4 is 0 Å². The zero-order chi connectivity index (χ0) is 10.8. The summed E-state index contributed by atoms with van der Waals surface area (Å²) < 4.78 is 5.13. The molecule has 4 heteroatoms. The molecule has 1 rings (SSSR count). The topological polar surface area (TPSA) is 46.6 Å². The van der Waals surface area contributed by atoms with Gasteiger partial charge in [0.15, 0.2) is 5.78 Å². The van der Waals surface area contributed by atoms with Crippen molar-refractivity contribution in [2.24, 2.45) is 0 Å². The van der Waals surface area contributed by atoms with Gasteiger partial charge in [0.2, 0.25) is 0 Å². The van der Waals surface area contributed by atoms with E-state index in [0.29, 0.717) is 6.54 Å². The monoisotopic (exact) mass is 197 g/mol. The first-order valence-corrected chi connectivity index (χ1v) is 4.56. The highest BCUT2D eigenvalue weighted by atomic mass is 16.6. The zero-order valence-corrected chi connectivity index (χ0v) is 8.74. The second kappa shape index (κ2) is 3.82. The third-order valence-corrected chi connectivity index (χ3v) is 1.63. The normalized spacial score (nSPS) is 17.1. The van der Waals surface area contributed by atoms with E-state index in [2.05, 4.69) is 0 Å². The second-order valence-corrected chi connectivity index (χ2v) is 4.23. The predicted octanol–water partition coefficient (Wildman–Crippen LogP) is 1.36. The first kappa shape index (κ1) is 10.8. The lowest BCUT2D eigenvalue weighted by atomic mass is 10.2. The molecule has 4 nitrogen and oxygen atoms in total. The van der Waals surface area contributed by atoms with Gasteiger partial charge in [0.25, 0.3) is 0 Å². The smallest absolute Gasteiger partial charge is 0.410 e. The summed E-state index contributed by atoms with van der Waals surface area (Å²) in [4.78, 5) is 23.9. The highest BCUT2D eigenvalue weighted by Crippen LogP contribution is 2.11. The van der Waals surface area contributed by atoms with Gasteiger partial charge in [-0.1, -0.05) is 6.08 Å². The van der Waals surface area contributed by atoms with Gasteiger partial charge in [-0.25, -0.2) is 4.79 Å². The van der Waals surface area contributed by atoms with Crippen LogP contribution in [0.3, 0.4) is 0 Å². The number of carbonyl (C=O) groups is 2. The van der Waals surface area contributed by atoms with Gasteiger partial charge in [-0.05, 0) is 26.8 Å². The van der Waals surface area contributed by atoms with Crippen molar-refractivity contribution in [2.45, 2.75) is 26.4 Å². The largest absolute Gasteiger partial charge is 0.444 e. The number of ketones is 1. The van der Waals surface area contributed by atoms with Crippen LogP contribution in [-0.4, -0.2) is 35.5 Å². The van der Waals surface area contributed by atoms with Crippen molar-refractivity contribution in [3.63, 3.8) is 0 Å². The van der Waals surface area contributed by atoms with E-state index in [1.54, 1.807) is 26.8 Å². The van der Waals surface area contributed by atoms with Gasteiger partial charge >= 0.3 is 6.09 Å². The molecule has 0 radical (unpaired) electrons. The van der Waals surface area contributed by atoms with Gasteiger partial charge in [0, 0.05) is 6.54 Å². The van der Waals surface area contributed by atoms with Gasteiger partial charge in [-0.15, -0.1) is 0 Å². The van der Waals surface area contributed by atoms with Crippen molar-refractivity contribution in [2.75, 3.05) is 13.1 Å². The minimum absolute atomic E-state index is 0.0675. The highest BCUT2D eigenvalue weighted by Gasteiger charge is 2.23. The molecule has 0 aliphatic carbocycles. The number of carbonyl (C=O) groups excluding carboxylic acids is 2. The fourth-order valence-corrected chi connectivity index (χ4v) is 1.08. The molecular weight excluding hydrogens is 182 g/mol. The molecule has 78 valence electrons. The van der Waals surface area contributed by atoms with Gasteiger partial charge in [0.1, 0.15) is 5.60 Å². The van der Waals surface area contributed by atoms with Crippen LogP contribution >= 0.6 is 0 Å². The Hall–Kier alpha value is -1.32. The van der Waals surface area contributed by atoms with Crippen molar-refractivity contribution in [1.29, 1.82) is 0 Å². The molecule has 0 bridgehead atoms. The minimum atomic E-state index is -0.513. The van der Waals surface area contributed by atoms with Crippen molar-refractivity contribution in [1.82, 2.24) is 4.90 Å². The number of rotatable bonds is 0. The summed E-state index contributed by atoms with van der Waals surface area (Å²) in [5.74, 6) is -0.0675. The summed E-state index contributed by atoms with van der Waals surface area (Å²) in [5.41, 5.74) is -0.513. The maximum Gasteiger partial charge on any atom is 0.410 e. The summed E-state index contributed by atoms with van der Waals surface area (Å²) in [6.07, 6.45) is 2.71. The fraction of sp³-hybridized carbons (Fsp3) is 0.600. The summed E-state index contributed by atoms with van der Waals surface area (Å²) in [7, 11) is 0. The first-order chi connectivity index (χ1) is 6.38. The van der Waals surface area contributed by atoms with Crippen LogP contribution in [0.25, 0.3) is 0 Å². The van der Waals surface area contributed by atoms with E-state index in [4.69, 9.17) is 4.74 Å². The van der Waals surface area contributed by atoms with E-state index >= 15 is 0 Å². The van der Waals surface area contributed by atoms with Crippen LogP contribution in [0.1, 0.15) is 20.8 Å². The van der Waals surface area contributed by atoms with Gasteiger partial charge in [-0.2, -0.15) is 0 Å². The molecule has 0 atom stereocenters. The maximum atomic E-state index is 11.5. The average Bonchev–Trinajstić information content (AvgIpc) is 2.01. The van der Waals surface area contributed by atoms with Crippen molar-refractivity contribution < 1.29 is 14.3 Å². The molecule has 1 aliphatic rings. The lowest BCUT2D eigenvalue weighted by molar-refractivity contribution is -0.116. The Morgan fingerprint density at radius 1 is 1.50 bits per heavy atom. The molecule has 0 aromatic heterocycles. The van der Waals surface area contributed by atoms with E-state index in [-0.39, 0.29) is 12.3 Å². The summed E-state index contributed by atoms with van der Waals surface area (Å²) in [6, 6.07) is 0. The number of ether oxygens (including phenoxy) is 1. The second-order valence-electron chi connectivity index (χ2n) is 4.23. The molecule has 0 aromatic carbocycles. The molecule has 1 aliphatic heterocycles. The van der Waals surface area contributed by atoms with Crippen molar-refractivity contribution in [3.05, 3.63) is 12.2 Å². The van der Waals surface area contributed by atoms with Crippen LogP contribution in [0.15, 0.2) is 12.2 Å². The maximum absolute atomic E-state index is 11.5. The molecule has 0 aromatic rings. The number of hydrogen-bond acceptors (Lipinski definition) is 3. The Bertz CT molecular complexity index is 276. The molecule has 0 saturated carbocycles. The lowest BCUT2D eigenvalue weighted by Crippen LogP contribution is -2.41. The SMILES string of the molecule is CC(C)(C)OC(=O)N1CC=CC(=O)C1. The number of hydrogen-bond donors (Lipinski definition) is 0. The fourth-order valence-electron chi connectivity index (χ4n) is 1.08. The number of amides is 1. The van der Waals surface area contributed by atoms with E-state index in [1.165, 1.54) is 11.0 Å². The summed E-state index contributed by atoms with van der Waals surface area (Å²) >= 11 is 0. The predicted molar refractivity (Wildman–Crippen MR) is 52.0 cm³/mol. The van der Waals surface area contributed by atoms with Gasteiger partial charge < -0.3 is 4.74 Å². The zero-order valence-electron chi connectivity index (χ0n) is 8.74. The standard InChI is InChI=1S/C10H15NO3/c1-10(2,3)14-9(13)11-6-4-5-8(12)7-11/h4-5H,6-7H2,1-3H3. The molecular formula is C10H15NO3. The van der Waals surface area contributed by atoms with E-state index < -0.39 is 11.7 Å². The summed E-state index contributed by atoms with van der Waals surface area (Å²) in [5, 5.41) is 0. The number of nitrogens with zero attached hydrogens (tertiary/aromatic N) is 1. The minimum Gasteiger partial charge on any atom is -0.444 e. The molecule has 0 saturated heterocycles. The highest BCUT2D eigenvalue weighted by molar-refractivity contribution is 5.94. The molecule has 14 heavy (non-hydrogen) atoms. The third-order valence-electron chi connectivity index (χ3n) is 1.63. The molecule has 1 heterocycles. The quantitative estimate of drug-likeness (QED) is 0.589. The average molecular weight is 197 g/mol. The van der Waals surface area contributed by atoms with Crippen LogP contribution in [0, 0.1) is 0 Å². The molecule has 0 spiro atoms. The first-order valence-electron chi connectivity index (χ1n) is 4.56. The Labute approximate surface area is 83.5 Å². The molecule has 1 amide bonds. The molecule has 0 unspecified atom stereocenters. The Balaban J connectivity index is 2.54. The Morgan fingerprint density at radius 3 is 2.64 bits per heavy atom. The molecule has 0 fully saturated rings. The van der Waals surface area contributed by atoms with E-state index in [1.807, 2.05) is 0 Å². The van der Waals surface area contributed by atoms with Crippen LogP contribution in [-0.2, 0) is 9.53 Å². The van der Waals surface area contributed by atoms with Crippen LogP contribution in [0.5, 0.6) is 0 Å². The van der Waals surface area contributed by atoms with Crippen molar-refractivity contribution >= 4 is 11.9 Å². The molecule has 0 N–H and O–H groups in total. The Kier molecular flexibility index (Phi) is 2.93. The van der Waals surface area contributed by atoms with Crippen LogP contribution in [0.4, 0.5) is 4.79 Å². The summed E-state index contributed by atoms with van der Waals surface area (Å²) in [6.45, 7) is 5.96. The lowest BCUT2D eigenvalue weighted by Gasteiger charge is -2.27. The van der Waals surface area contributed by atoms with E-state index in [0.717, 1.165) is 0 Å². The van der Waals surface area contributed by atoms with Gasteiger partial charge in [-0.3, -0.25) is 9.69 Å². The van der Waals surface area contributed by atoms with E-state index in [9.17, 15) is 9.59 Å². The van der Waals surface area contributed by atoms with Gasteiger partial charge in [0.05, 0.1) is 6.54 Å². The third kappa shape index (κ3) is 3.20. The van der Waals surface area contributed by atoms with Crippen LogP contribution in [0.2, 0.25) is 0 Å².